The van der Waals surface area contributed by atoms with E-state index in [1.54, 1.807) is 19.2 Å². The van der Waals surface area contributed by atoms with Crippen LogP contribution >= 0.6 is 23.1 Å². The molecule has 34 heavy (non-hydrogen) atoms. The first-order valence-corrected chi connectivity index (χ1v) is 12.3. The van der Waals surface area contributed by atoms with E-state index in [0.29, 0.717) is 23.9 Å². The number of aryl methyl sites for hydroxylation is 1. The van der Waals surface area contributed by atoms with Crippen LogP contribution in [0.3, 0.4) is 0 Å². The summed E-state index contributed by atoms with van der Waals surface area (Å²) in [5, 5.41) is 21.4. The molecule has 2 aromatic heterocycles. The van der Waals surface area contributed by atoms with Crippen LogP contribution in [0.5, 0.6) is 0 Å². The molecule has 0 saturated heterocycles. The molecule has 4 aromatic rings. The van der Waals surface area contributed by atoms with Gasteiger partial charge in [0.25, 0.3) is 5.91 Å². The molecule has 0 spiro atoms. The lowest BCUT2D eigenvalue weighted by atomic mass is 10.1. The summed E-state index contributed by atoms with van der Waals surface area (Å²) < 4.78 is 20.3. The van der Waals surface area contributed by atoms with Crippen molar-refractivity contribution in [1.29, 1.82) is 0 Å². The van der Waals surface area contributed by atoms with Crippen LogP contribution in [-0.4, -0.2) is 44.6 Å². The van der Waals surface area contributed by atoms with E-state index in [1.807, 2.05) is 29.7 Å². The summed E-state index contributed by atoms with van der Waals surface area (Å²) in [5.74, 6) is 0.650. The molecular formula is C23H23FN6O2S2. The van der Waals surface area contributed by atoms with Crippen LogP contribution < -0.4 is 5.32 Å². The molecule has 0 radical (unpaired) electrons. The van der Waals surface area contributed by atoms with Crippen molar-refractivity contribution in [2.75, 3.05) is 13.7 Å². The molecular weight excluding hydrogens is 475 g/mol. The number of rotatable bonds is 10. The van der Waals surface area contributed by atoms with E-state index in [9.17, 15) is 9.18 Å². The number of thioether (sulfide) groups is 1. The smallest absolute Gasteiger partial charge is 0.282 e. The number of hydrogen-bond donors (Lipinski definition) is 1. The van der Waals surface area contributed by atoms with Crippen molar-refractivity contribution in [1.82, 2.24) is 30.3 Å². The third-order valence-corrected chi connectivity index (χ3v) is 6.95. The van der Waals surface area contributed by atoms with Crippen LogP contribution in [0.25, 0.3) is 11.4 Å². The quantitative estimate of drug-likeness (QED) is 0.329. The van der Waals surface area contributed by atoms with Crippen molar-refractivity contribution in [2.45, 2.75) is 30.9 Å². The number of halogens is 1. The summed E-state index contributed by atoms with van der Waals surface area (Å²) in [5.41, 5.74) is 2.94. The van der Waals surface area contributed by atoms with Crippen molar-refractivity contribution < 1.29 is 13.9 Å². The molecule has 0 saturated carbocycles. The minimum absolute atomic E-state index is 0.277. The Morgan fingerprint density at radius 3 is 2.74 bits per heavy atom. The first-order chi connectivity index (χ1) is 16.5. The Kier molecular flexibility index (Phi) is 7.99. The number of hydrogen-bond acceptors (Lipinski definition) is 8. The van der Waals surface area contributed by atoms with Gasteiger partial charge >= 0.3 is 0 Å². The number of amides is 1. The Morgan fingerprint density at radius 2 is 1.97 bits per heavy atom. The average molecular weight is 499 g/mol. The lowest BCUT2D eigenvalue weighted by Crippen LogP contribution is -2.22. The van der Waals surface area contributed by atoms with E-state index in [4.69, 9.17) is 4.74 Å². The SMILES string of the molecule is COCCn1c(SCc2nnc(C(=O)NCc3ccc(F)cc3)s2)nnc1-c1cccc(C)c1. The minimum Gasteiger partial charge on any atom is -0.383 e. The van der Waals surface area contributed by atoms with Gasteiger partial charge in [-0.05, 0) is 30.7 Å². The maximum absolute atomic E-state index is 13.0. The van der Waals surface area contributed by atoms with E-state index >= 15 is 0 Å². The van der Waals surface area contributed by atoms with Crippen molar-refractivity contribution in [3.63, 3.8) is 0 Å². The highest BCUT2D eigenvalue weighted by Crippen LogP contribution is 2.27. The Balaban J connectivity index is 1.40. The molecule has 1 N–H and O–H groups in total. The van der Waals surface area contributed by atoms with E-state index in [1.165, 1.54) is 35.2 Å². The maximum Gasteiger partial charge on any atom is 0.282 e. The van der Waals surface area contributed by atoms with Crippen molar-refractivity contribution in [2.24, 2.45) is 0 Å². The monoisotopic (exact) mass is 498 g/mol. The van der Waals surface area contributed by atoms with Gasteiger partial charge in [0, 0.05) is 19.2 Å². The maximum atomic E-state index is 13.0. The lowest BCUT2D eigenvalue weighted by molar-refractivity contribution is 0.0950. The summed E-state index contributed by atoms with van der Waals surface area (Å²) in [6.07, 6.45) is 0. The molecule has 0 aliphatic rings. The average Bonchev–Trinajstić information content (AvgIpc) is 3.48. The van der Waals surface area contributed by atoms with E-state index in [-0.39, 0.29) is 23.3 Å². The van der Waals surface area contributed by atoms with Gasteiger partial charge in [-0.25, -0.2) is 4.39 Å². The number of aromatic nitrogens is 5. The van der Waals surface area contributed by atoms with E-state index in [0.717, 1.165) is 27.7 Å². The van der Waals surface area contributed by atoms with Crippen LogP contribution in [0.1, 0.15) is 25.9 Å². The molecule has 1 amide bonds. The number of ether oxygens (including phenoxy) is 1. The van der Waals surface area contributed by atoms with Crippen LogP contribution in [0, 0.1) is 12.7 Å². The molecule has 2 heterocycles. The van der Waals surface area contributed by atoms with Crippen molar-refractivity contribution >= 4 is 29.0 Å². The summed E-state index contributed by atoms with van der Waals surface area (Å²) in [4.78, 5) is 12.4. The highest BCUT2D eigenvalue weighted by Gasteiger charge is 2.17. The van der Waals surface area contributed by atoms with Crippen molar-refractivity contribution in [3.05, 3.63) is 75.5 Å². The van der Waals surface area contributed by atoms with Crippen LogP contribution in [0.4, 0.5) is 4.39 Å². The lowest BCUT2D eigenvalue weighted by Gasteiger charge is -2.09. The molecule has 0 bridgehead atoms. The van der Waals surface area contributed by atoms with Crippen LogP contribution in [0.15, 0.2) is 53.7 Å². The second-order valence-electron chi connectivity index (χ2n) is 7.42. The number of carbonyl (C=O) groups excluding carboxylic acids is 1. The molecule has 2 aromatic carbocycles. The zero-order valence-corrected chi connectivity index (χ0v) is 20.3. The Morgan fingerprint density at radius 1 is 1.15 bits per heavy atom. The minimum atomic E-state index is -0.317. The molecule has 4 rings (SSSR count). The summed E-state index contributed by atoms with van der Waals surface area (Å²) >= 11 is 2.71. The van der Waals surface area contributed by atoms with Gasteiger partial charge < -0.3 is 10.1 Å². The fraction of sp³-hybridized carbons (Fsp3) is 0.261. The topological polar surface area (TPSA) is 94.8 Å². The predicted molar refractivity (Wildman–Crippen MR) is 129 cm³/mol. The Hall–Kier alpha value is -3.15. The highest BCUT2D eigenvalue weighted by atomic mass is 32.2. The van der Waals surface area contributed by atoms with Gasteiger partial charge in [0.1, 0.15) is 10.8 Å². The highest BCUT2D eigenvalue weighted by molar-refractivity contribution is 7.98. The van der Waals surface area contributed by atoms with Gasteiger partial charge in [-0.2, -0.15) is 0 Å². The number of nitrogens with zero attached hydrogens (tertiary/aromatic N) is 5. The summed E-state index contributed by atoms with van der Waals surface area (Å²) in [6.45, 7) is 3.47. The second-order valence-corrected chi connectivity index (χ2v) is 9.42. The number of methoxy groups -OCH3 is 1. The van der Waals surface area contributed by atoms with Gasteiger partial charge in [0.2, 0.25) is 5.01 Å². The van der Waals surface area contributed by atoms with Gasteiger partial charge in [-0.1, -0.05) is 59.0 Å². The fourth-order valence-electron chi connectivity index (χ4n) is 3.17. The van der Waals surface area contributed by atoms with E-state index < -0.39 is 0 Å². The third kappa shape index (κ3) is 6.04. The first kappa shape index (κ1) is 24.0. The van der Waals surface area contributed by atoms with E-state index in [2.05, 4.69) is 31.8 Å². The van der Waals surface area contributed by atoms with Gasteiger partial charge in [0.05, 0.1) is 18.9 Å². The third-order valence-electron chi connectivity index (χ3n) is 4.86. The van der Waals surface area contributed by atoms with Gasteiger partial charge in [0.15, 0.2) is 11.0 Å². The molecule has 11 heteroatoms. The molecule has 0 fully saturated rings. The molecule has 0 unspecified atom stereocenters. The molecule has 8 nitrogen and oxygen atoms in total. The van der Waals surface area contributed by atoms with Crippen LogP contribution in [0.2, 0.25) is 0 Å². The largest absolute Gasteiger partial charge is 0.383 e. The molecule has 0 aliphatic carbocycles. The first-order valence-electron chi connectivity index (χ1n) is 10.5. The molecule has 176 valence electrons. The Labute approximate surface area is 204 Å². The van der Waals surface area contributed by atoms with Gasteiger partial charge in [-0.3, -0.25) is 9.36 Å². The molecule has 0 aliphatic heterocycles. The Bertz CT molecular complexity index is 1260. The molecule has 0 atom stereocenters. The van der Waals surface area contributed by atoms with Crippen LogP contribution in [-0.2, 0) is 23.6 Å². The number of nitrogens with one attached hydrogen (secondary N) is 1. The number of carbonyl (C=O) groups is 1. The standard InChI is InChI=1S/C23H23FN6O2S2/c1-15-4-3-5-17(12-15)20-27-29-23(30(20)10-11-32-2)33-14-19-26-28-22(34-19)21(31)25-13-16-6-8-18(24)9-7-16/h3-9,12H,10-11,13-14H2,1-2H3,(H,25,31). The normalized spacial score (nSPS) is 11.0. The predicted octanol–water partition coefficient (Wildman–Crippen LogP) is 4.11. The summed E-state index contributed by atoms with van der Waals surface area (Å²) in [7, 11) is 1.66. The summed E-state index contributed by atoms with van der Waals surface area (Å²) in [6, 6.07) is 14.1. The zero-order chi connectivity index (χ0) is 23.9. The van der Waals surface area contributed by atoms with Gasteiger partial charge in [-0.15, -0.1) is 20.4 Å². The second kappa shape index (κ2) is 11.3. The fourth-order valence-corrected chi connectivity index (χ4v) is 4.87. The zero-order valence-electron chi connectivity index (χ0n) is 18.7. The number of benzene rings is 2. The van der Waals surface area contributed by atoms with Crippen molar-refractivity contribution in [3.8, 4) is 11.4 Å².